The van der Waals surface area contributed by atoms with Gasteiger partial charge in [-0.15, -0.1) is 0 Å². The number of carbonyl (C=O) groups excluding carboxylic acids is 1. The van der Waals surface area contributed by atoms with Crippen LogP contribution in [0.1, 0.15) is 17.3 Å². The second-order valence-electron chi connectivity index (χ2n) is 2.73. The van der Waals surface area contributed by atoms with Crippen LogP contribution in [0.2, 0.25) is 5.02 Å². The van der Waals surface area contributed by atoms with Crippen LogP contribution < -0.4 is 5.73 Å². The maximum absolute atomic E-state index is 11.4. The number of nitrogens with two attached hydrogens (primary N) is 1. The molecule has 0 aliphatic rings. The molecule has 0 heterocycles. The van der Waals surface area contributed by atoms with E-state index in [-0.39, 0.29) is 5.78 Å². The average Bonchev–Trinajstić information content (AvgIpc) is 2.03. The number of rotatable bonds is 2. The molecule has 0 amide bonds. The Bertz CT molecular complexity index is 354. The van der Waals surface area contributed by atoms with Crippen molar-refractivity contribution in [3.8, 4) is 0 Å². The van der Waals surface area contributed by atoms with Crippen LogP contribution in [0.5, 0.6) is 0 Å². The number of halogens is 1. The maximum atomic E-state index is 11.4. The van der Waals surface area contributed by atoms with Crippen LogP contribution in [0, 0.1) is 0 Å². The molecule has 0 unspecified atom stereocenters. The van der Waals surface area contributed by atoms with E-state index in [1.54, 1.807) is 31.2 Å². The van der Waals surface area contributed by atoms with Crippen molar-refractivity contribution in [1.29, 1.82) is 0 Å². The first-order valence-electron chi connectivity index (χ1n) is 3.84. The minimum Gasteiger partial charge on any atom is -0.402 e. The summed E-state index contributed by atoms with van der Waals surface area (Å²) in [4.78, 5) is 11.4. The van der Waals surface area contributed by atoms with Crippen LogP contribution in [0.4, 0.5) is 0 Å². The molecular formula is C10H10ClNO. The predicted molar refractivity (Wildman–Crippen MR) is 53.7 cm³/mol. The van der Waals surface area contributed by atoms with Crippen LogP contribution in [0.25, 0.3) is 0 Å². The number of hydrogen-bond donors (Lipinski definition) is 1. The summed E-state index contributed by atoms with van der Waals surface area (Å²) >= 11 is 5.81. The van der Waals surface area contributed by atoms with Gasteiger partial charge in [0.1, 0.15) is 0 Å². The molecule has 1 rings (SSSR count). The van der Waals surface area contributed by atoms with E-state index in [9.17, 15) is 4.79 Å². The van der Waals surface area contributed by atoms with E-state index in [0.29, 0.717) is 16.3 Å². The SMILES string of the molecule is C/C(N)=C/C(=O)c1ccccc1Cl. The number of carbonyl (C=O) groups is 1. The lowest BCUT2D eigenvalue weighted by atomic mass is 10.1. The summed E-state index contributed by atoms with van der Waals surface area (Å²) in [6, 6.07) is 6.88. The topological polar surface area (TPSA) is 43.1 Å². The molecular weight excluding hydrogens is 186 g/mol. The van der Waals surface area contributed by atoms with E-state index in [1.165, 1.54) is 6.08 Å². The molecule has 0 radical (unpaired) electrons. The van der Waals surface area contributed by atoms with Crippen molar-refractivity contribution in [3.63, 3.8) is 0 Å². The molecule has 0 aliphatic heterocycles. The highest BCUT2D eigenvalue weighted by Gasteiger charge is 2.05. The highest BCUT2D eigenvalue weighted by molar-refractivity contribution is 6.34. The highest BCUT2D eigenvalue weighted by Crippen LogP contribution is 2.15. The first-order valence-corrected chi connectivity index (χ1v) is 4.21. The van der Waals surface area contributed by atoms with Gasteiger partial charge in [0, 0.05) is 17.3 Å². The van der Waals surface area contributed by atoms with Crippen molar-refractivity contribution in [2.45, 2.75) is 6.92 Å². The van der Waals surface area contributed by atoms with E-state index < -0.39 is 0 Å². The summed E-state index contributed by atoms with van der Waals surface area (Å²) in [5.74, 6) is -0.161. The number of ketones is 1. The minimum atomic E-state index is -0.161. The third-order valence-electron chi connectivity index (χ3n) is 1.50. The fourth-order valence-electron chi connectivity index (χ4n) is 0.946. The molecule has 1 aromatic carbocycles. The molecule has 13 heavy (non-hydrogen) atoms. The molecule has 0 aromatic heterocycles. The van der Waals surface area contributed by atoms with Gasteiger partial charge < -0.3 is 5.73 Å². The predicted octanol–water partition coefficient (Wildman–Crippen LogP) is 2.39. The van der Waals surface area contributed by atoms with Crippen molar-refractivity contribution in [1.82, 2.24) is 0 Å². The summed E-state index contributed by atoms with van der Waals surface area (Å²) < 4.78 is 0. The number of hydrogen-bond acceptors (Lipinski definition) is 2. The summed E-state index contributed by atoms with van der Waals surface area (Å²) in [6.45, 7) is 1.66. The smallest absolute Gasteiger partial charge is 0.189 e. The number of allylic oxidation sites excluding steroid dienone is 2. The van der Waals surface area contributed by atoms with Gasteiger partial charge in [-0.2, -0.15) is 0 Å². The van der Waals surface area contributed by atoms with Crippen LogP contribution in [0.3, 0.4) is 0 Å². The lowest BCUT2D eigenvalue weighted by Gasteiger charge is -1.98. The lowest BCUT2D eigenvalue weighted by Crippen LogP contribution is -2.00. The van der Waals surface area contributed by atoms with Crippen molar-refractivity contribution >= 4 is 17.4 Å². The Morgan fingerprint density at radius 3 is 2.62 bits per heavy atom. The zero-order valence-electron chi connectivity index (χ0n) is 7.25. The third-order valence-corrected chi connectivity index (χ3v) is 1.83. The molecule has 1 aromatic rings. The highest BCUT2D eigenvalue weighted by atomic mass is 35.5. The van der Waals surface area contributed by atoms with Gasteiger partial charge in [-0.05, 0) is 19.1 Å². The average molecular weight is 196 g/mol. The molecule has 3 heteroatoms. The lowest BCUT2D eigenvalue weighted by molar-refractivity contribution is 0.104. The molecule has 0 spiro atoms. The molecule has 68 valence electrons. The monoisotopic (exact) mass is 195 g/mol. The Morgan fingerprint density at radius 1 is 1.46 bits per heavy atom. The van der Waals surface area contributed by atoms with Crippen LogP contribution in [0.15, 0.2) is 36.0 Å². The van der Waals surface area contributed by atoms with E-state index in [2.05, 4.69) is 0 Å². The Kier molecular flexibility index (Phi) is 3.09. The fraction of sp³-hybridized carbons (Fsp3) is 0.100. The molecule has 0 saturated heterocycles. The quantitative estimate of drug-likeness (QED) is 0.582. The van der Waals surface area contributed by atoms with Crippen LogP contribution in [-0.4, -0.2) is 5.78 Å². The van der Waals surface area contributed by atoms with E-state index in [0.717, 1.165) is 0 Å². The van der Waals surface area contributed by atoms with E-state index in [4.69, 9.17) is 17.3 Å². The normalized spacial score (nSPS) is 11.4. The van der Waals surface area contributed by atoms with Crippen molar-refractivity contribution < 1.29 is 4.79 Å². The molecule has 2 nitrogen and oxygen atoms in total. The Hall–Kier alpha value is -1.28. The van der Waals surface area contributed by atoms with Gasteiger partial charge in [0.05, 0.1) is 5.02 Å². The summed E-state index contributed by atoms with van der Waals surface area (Å²) in [6.07, 6.45) is 1.36. The molecule has 0 saturated carbocycles. The van der Waals surface area contributed by atoms with Gasteiger partial charge in [-0.25, -0.2) is 0 Å². The Balaban J connectivity index is 3.03. The largest absolute Gasteiger partial charge is 0.402 e. The van der Waals surface area contributed by atoms with Gasteiger partial charge in [0.15, 0.2) is 5.78 Å². The molecule has 0 bridgehead atoms. The maximum Gasteiger partial charge on any atom is 0.189 e. The zero-order chi connectivity index (χ0) is 9.84. The summed E-state index contributed by atoms with van der Waals surface area (Å²) in [7, 11) is 0. The van der Waals surface area contributed by atoms with Gasteiger partial charge in [0.25, 0.3) is 0 Å². The fourth-order valence-corrected chi connectivity index (χ4v) is 1.17. The van der Waals surface area contributed by atoms with Gasteiger partial charge in [-0.3, -0.25) is 4.79 Å². The van der Waals surface area contributed by atoms with Crippen molar-refractivity contribution in [3.05, 3.63) is 46.6 Å². The molecule has 0 atom stereocenters. The molecule has 2 N–H and O–H groups in total. The first-order chi connectivity index (χ1) is 6.11. The van der Waals surface area contributed by atoms with Gasteiger partial charge in [-0.1, -0.05) is 23.7 Å². The third kappa shape index (κ3) is 2.60. The minimum absolute atomic E-state index is 0.161. The second kappa shape index (κ2) is 4.10. The van der Waals surface area contributed by atoms with Gasteiger partial charge >= 0.3 is 0 Å². The molecule has 0 fully saturated rings. The van der Waals surface area contributed by atoms with E-state index in [1.807, 2.05) is 0 Å². The Labute approximate surface area is 82.0 Å². The molecule has 0 aliphatic carbocycles. The Morgan fingerprint density at radius 2 is 2.08 bits per heavy atom. The van der Waals surface area contributed by atoms with Crippen LogP contribution >= 0.6 is 11.6 Å². The van der Waals surface area contributed by atoms with Gasteiger partial charge in [0.2, 0.25) is 0 Å². The summed E-state index contributed by atoms with van der Waals surface area (Å²) in [5.41, 5.74) is 6.34. The van der Waals surface area contributed by atoms with Crippen LogP contribution in [-0.2, 0) is 0 Å². The van der Waals surface area contributed by atoms with E-state index >= 15 is 0 Å². The number of benzene rings is 1. The second-order valence-corrected chi connectivity index (χ2v) is 3.14. The summed E-state index contributed by atoms with van der Waals surface area (Å²) in [5, 5.41) is 0.449. The zero-order valence-corrected chi connectivity index (χ0v) is 8.01. The van der Waals surface area contributed by atoms with Crippen molar-refractivity contribution in [2.75, 3.05) is 0 Å². The standard InChI is InChI=1S/C10H10ClNO/c1-7(12)6-10(13)8-4-2-3-5-9(8)11/h2-6H,12H2,1H3/b7-6-. The van der Waals surface area contributed by atoms with Crippen molar-refractivity contribution in [2.24, 2.45) is 5.73 Å². The first kappa shape index (κ1) is 9.81.